The van der Waals surface area contributed by atoms with Crippen molar-refractivity contribution in [2.24, 2.45) is 0 Å². The van der Waals surface area contributed by atoms with Gasteiger partial charge in [0.2, 0.25) is 0 Å². The number of hydrogen-bond acceptors (Lipinski definition) is 3. The van der Waals surface area contributed by atoms with Gasteiger partial charge >= 0.3 is 0 Å². The van der Waals surface area contributed by atoms with Crippen molar-refractivity contribution >= 4 is 45.6 Å². The first-order chi connectivity index (χ1) is 13.0. The van der Waals surface area contributed by atoms with Crippen LogP contribution >= 0.6 is 23.2 Å². The lowest BCUT2D eigenvalue weighted by Crippen LogP contribution is -2.01. The Morgan fingerprint density at radius 3 is 2.44 bits per heavy atom. The van der Waals surface area contributed by atoms with Crippen molar-refractivity contribution in [3.63, 3.8) is 0 Å². The molecular formula is C22H17Cl2N3. The van der Waals surface area contributed by atoms with Crippen LogP contribution < -0.4 is 5.32 Å². The molecule has 134 valence electrons. The summed E-state index contributed by atoms with van der Waals surface area (Å²) in [5.74, 6) is 1.36. The van der Waals surface area contributed by atoms with Gasteiger partial charge in [-0.3, -0.25) is 0 Å². The van der Waals surface area contributed by atoms with E-state index in [-0.39, 0.29) is 0 Å². The number of nitrogens with one attached hydrogen (secondary N) is 1. The smallest absolute Gasteiger partial charge is 0.162 e. The second kappa shape index (κ2) is 7.18. The molecule has 0 saturated carbocycles. The molecule has 0 amide bonds. The Labute approximate surface area is 168 Å². The third-order valence-electron chi connectivity index (χ3n) is 4.43. The molecule has 0 fully saturated rings. The van der Waals surface area contributed by atoms with Gasteiger partial charge in [-0.1, -0.05) is 47.5 Å². The Morgan fingerprint density at radius 1 is 0.815 bits per heavy atom. The van der Waals surface area contributed by atoms with E-state index in [0.29, 0.717) is 15.9 Å². The molecule has 0 aliphatic carbocycles. The van der Waals surface area contributed by atoms with Crippen LogP contribution in [0.15, 0.2) is 60.7 Å². The predicted molar refractivity (Wildman–Crippen MR) is 114 cm³/mol. The Hall–Kier alpha value is -2.62. The van der Waals surface area contributed by atoms with Crippen LogP contribution in [0.5, 0.6) is 0 Å². The summed E-state index contributed by atoms with van der Waals surface area (Å²) in [5, 5.41) is 5.43. The highest BCUT2D eigenvalue weighted by molar-refractivity contribution is 6.42. The maximum absolute atomic E-state index is 6.19. The molecule has 1 N–H and O–H groups in total. The zero-order valence-electron chi connectivity index (χ0n) is 14.9. The summed E-state index contributed by atoms with van der Waals surface area (Å²) in [7, 11) is 0. The van der Waals surface area contributed by atoms with Gasteiger partial charge in [-0.25, -0.2) is 9.97 Å². The molecule has 3 aromatic carbocycles. The first kappa shape index (κ1) is 17.8. The van der Waals surface area contributed by atoms with E-state index in [4.69, 9.17) is 33.2 Å². The number of rotatable bonds is 3. The van der Waals surface area contributed by atoms with E-state index in [9.17, 15) is 0 Å². The van der Waals surface area contributed by atoms with Crippen LogP contribution in [0.3, 0.4) is 0 Å². The molecule has 4 aromatic rings. The van der Waals surface area contributed by atoms with E-state index in [1.807, 2.05) is 30.3 Å². The first-order valence-electron chi connectivity index (χ1n) is 8.58. The number of halogens is 2. The molecule has 0 aliphatic heterocycles. The van der Waals surface area contributed by atoms with Crippen LogP contribution in [-0.2, 0) is 0 Å². The minimum Gasteiger partial charge on any atom is -0.339 e. The van der Waals surface area contributed by atoms with E-state index < -0.39 is 0 Å². The maximum atomic E-state index is 6.19. The van der Waals surface area contributed by atoms with Crippen LogP contribution in [-0.4, -0.2) is 9.97 Å². The van der Waals surface area contributed by atoms with Crippen molar-refractivity contribution in [1.29, 1.82) is 0 Å². The molecular weight excluding hydrogens is 377 g/mol. The van der Waals surface area contributed by atoms with Crippen molar-refractivity contribution in [3.05, 3.63) is 81.8 Å². The molecule has 4 rings (SSSR count). The fourth-order valence-corrected chi connectivity index (χ4v) is 3.23. The van der Waals surface area contributed by atoms with E-state index in [1.165, 1.54) is 5.56 Å². The number of benzene rings is 3. The number of nitrogens with zero attached hydrogens (tertiary/aromatic N) is 2. The fraction of sp³-hybridized carbons (Fsp3) is 0.0909. The fourth-order valence-electron chi connectivity index (χ4n) is 2.93. The molecule has 1 heterocycles. The molecule has 0 radical (unpaired) electrons. The summed E-state index contributed by atoms with van der Waals surface area (Å²) in [4.78, 5) is 9.49. The van der Waals surface area contributed by atoms with Gasteiger partial charge in [-0.2, -0.15) is 0 Å². The van der Waals surface area contributed by atoms with E-state index >= 15 is 0 Å². The van der Waals surface area contributed by atoms with Crippen LogP contribution in [0.2, 0.25) is 10.0 Å². The maximum Gasteiger partial charge on any atom is 0.162 e. The first-order valence-corrected chi connectivity index (χ1v) is 9.33. The quantitative estimate of drug-likeness (QED) is 0.408. The lowest BCUT2D eigenvalue weighted by atomic mass is 10.1. The van der Waals surface area contributed by atoms with Crippen LogP contribution in [0, 0.1) is 13.8 Å². The topological polar surface area (TPSA) is 37.8 Å². The number of anilines is 2. The largest absolute Gasteiger partial charge is 0.339 e. The zero-order chi connectivity index (χ0) is 19.0. The monoisotopic (exact) mass is 393 g/mol. The summed E-state index contributed by atoms with van der Waals surface area (Å²) in [6.07, 6.45) is 0. The summed E-state index contributed by atoms with van der Waals surface area (Å²) in [5.41, 5.74) is 5.05. The van der Waals surface area contributed by atoms with Crippen LogP contribution in [0.25, 0.3) is 22.3 Å². The van der Waals surface area contributed by atoms with Crippen molar-refractivity contribution in [2.45, 2.75) is 13.8 Å². The molecule has 0 spiro atoms. The standard InChI is InChI=1S/C22H17Cl2N3/c1-13-7-8-14(2)20(11-13)26-22-16-5-3-4-6-19(16)25-21(27-22)15-9-10-17(23)18(24)12-15/h3-12H,1-2H3,(H,25,26,27). The Kier molecular flexibility index (Phi) is 4.73. The predicted octanol–water partition coefficient (Wildman–Crippen LogP) is 6.96. The molecule has 0 atom stereocenters. The molecule has 1 aromatic heterocycles. The highest BCUT2D eigenvalue weighted by Crippen LogP contribution is 2.31. The lowest BCUT2D eigenvalue weighted by molar-refractivity contribution is 1.22. The molecule has 0 saturated heterocycles. The second-order valence-corrected chi connectivity index (χ2v) is 7.30. The van der Waals surface area contributed by atoms with Gasteiger partial charge in [0.1, 0.15) is 5.82 Å². The summed E-state index contributed by atoms with van der Waals surface area (Å²) < 4.78 is 0. The third-order valence-corrected chi connectivity index (χ3v) is 5.17. The van der Waals surface area contributed by atoms with Gasteiger partial charge in [0.05, 0.1) is 15.6 Å². The van der Waals surface area contributed by atoms with E-state index in [1.54, 1.807) is 12.1 Å². The SMILES string of the molecule is Cc1ccc(C)c(Nc2nc(-c3ccc(Cl)c(Cl)c3)nc3ccccc23)c1. The molecule has 0 unspecified atom stereocenters. The van der Waals surface area contributed by atoms with Gasteiger partial charge < -0.3 is 5.32 Å². The number of para-hydroxylation sites is 1. The molecule has 27 heavy (non-hydrogen) atoms. The number of fused-ring (bicyclic) bond motifs is 1. The summed E-state index contributed by atoms with van der Waals surface area (Å²) in [6.45, 7) is 4.15. The minimum absolute atomic E-state index is 0.481. The summed E-state index contributed by atoms with van der Waals surface area (Å²) in [6, 6.07) is 19.7. The van der Waals surface area contributed by atoms with E-state index in [0.717, 1.165) is 33.5 Å². The van der Waals surface area contributed by atoms with Crippen molar-refractivity contribution < 1.29 is 0 Å². The average Bonchev–Trinajstić information content (AvgIpc) is 2.67. The third kappa shape index (κ3) is 3.61. The normalized spacial score (nSPS) is 11.0. The minimum atomic E-state index is 0.481. The van der Waals surface area contributed by atoms with Crippen molar-refractivity contribution in [2.75, 3.05) is 5.32 Å². The molecule has 5 heteroatoms. The number of aryl methyl sites for hydroxylation is 2. The van der Waals surface area contributed by atoms with Crippen LogP contribution in [0.1, 0.15) is 11.1 Å². The second-order valence-electron chi connectivity index (χ2n) is 6.49. The van der Waals surface area contributed by atoms with Gasteiger partial charge in [0.25, 0.3) is 0 Å². The Morgan fingerprint density at radius 2 is 1.63 bits per heavy atom. The van der Waals surface area contributed by atoms with Gasteiger partial charge in [-0.15, -0.1) is 0 Å². The highest BCUT2D eigenvalue weighted by Gasteiger charge is 2.12. The molecule has 0 aliphatic rings. The Bertz CT molecular complexity index is 1160. The van der Waals surface area contributed by atoms with Gasteiger partial charge in [-0.05, 0) is 61.4 Å². The molecule has 3 nitrogen and oxygen atoms in total. The number of aromatic nitrogens is 2. The van der Waals surface area contributed by atoms with Crippen LogP contribution in [0.4, 0.5) is 11.5 Å². The van der Waals surface area contributed by atoms with Gasteiger partial charge in [0.15, 0.2) is 5.82 Å². The highest BCUT2D eigenvalue weighted by atomic mass is 35.5. The molecule has 0 bridgehead atoms. The Balaban J connectivity index is 1.88. The summed E-state index contributed by atoms with van der Waals surface area (Å²) >= 11 is 12.2. The van der Waals surface area contributed by atoms with Crippen molar-refractivity contribution in [1.82, 2.24) is 9.97 Å². The van der Waals surface area contributed by atoms with Gasteiger partial charge in [0, 0.05) is 16.6 Å². The lowest BCUT2D eigenvalue weighted by Gasteiger charge is -2.13. The number of hydrogen-bond donors (Lipinski definition) is 1. The average molecular weight is 394 g/mol. The van der Waals surface area contributed by atoms with E-state index in [2.05, 4.69) is 37.4 Å². The van der Waals surface area contributed by atoms with Crippen molar-refractivity contribution in [3.8, 4) is 11.4 Å². The zero-order valence-corrected chi connectivity index (χ0v) is 16.4.